The number of imidazole rings is 1. The maximum absolute atomic E-state index is 12.4. The van der Waals surface area contributed by atoms with E-state index in [-0.39, 0.29) is 23.5 Å². The lowest BCUT2D eigenvalue weighted by molar-refractivity contribution is 0.238. The van der Waals surface area contributed by atoms with Gasteiger partial charge >= 0.3 is 0 Å². The molecule has 2 atom stereocenters. The number of sulfonamides is 1. The van der Waals surface area contributed by atoms with Gasteiger partial charge in [0.05, 0.1) is 6.33 Å². The number of ether oxygens (including phenoxy) is 1. The van der Waals surface area contributed by atoms with E-state index in [1.165, 1.54) is 18.1 Å². The van der Waals surface area contributed by atoms with Crippen LogP contribution in [0, 0.1) is 0 Å². The molecule has 8 heteroatoms. The maximum Gasteiger partial charge on any atom is 0.259 e. The van der Waals surface area contributed by atoms with Crippen LogP contribution in [-0.4, -0.2) is 30.6 Å². The van der Waals surface area contributed by atoms with Crippen molar-refractivity contribution in [2.45, 2.75) is 30.0 Å². The van der Waals surface area contributed by atoms with Crippen LogP contribution in [0.25, 0.3) is 0 Å². The molecule has 3 aromatic rings. The molecule has 29 heavy (non-hydrogen) atoms. The number of nitrogens with two attached hydrogens (primary N) is 1. The Balaban J connectivity index is 1.55. The summed E-state index contributed by atoms with van der Waals surface area (Å²) < 4.78 is 34.9. The van der Waals surface area contributed by atoms with E-state index >= 15 is 0 Å². The average molecular weight is 413 g/mol. The quantitative estimate of drug-likeness (QED) is 0.645. The summed E-state index contributed by atoms with van der Waals surface area (Å²) in [5, 5.41) is 0.00488. The van der Waals surface area contributed by atoms with Gasteiger partial charge in [-0.3, -0.25) is 0 Å². The van der Waals surface area contributed by atoms with Crippen molar-refractivity contribution in [3.8, 4) is 5.75 Å². The van der Waals surface area contributed by atoms with Crippen LogP contribution in [0.4, 0.5) is 0 Å². The molecule has 0 saturated heterocycles. The molecule has 3 N–H and O–H groups in total. The molecular formula is C21H24N4O3S. The van der Waals surface area contributed by atoms with E-state index in [9.17, 15) is 8.42 Å². The minimum atomic E-state index is -3.67. The first kappa shape index (κ1) is 19.6. The number of nitrogens with zero attached hydrogens (tertiary/aromatic N) is 2. The lowest BCUT2D eigenvalue weighted by Crippen LogP contribution is -2.39. The Morgan fingerprint density at radius 2 is 2.00 bits per heavy atom. The van der Waals surface area contributed by atoms with Crippen molar-refractivity contribution in [1.29, 1.82) is 0 Å². The molecule has 152 valence electrons. The van der Waals surface area contributed by atoms with Crippen LogP contribution in [0.3, 0.4) is 0 Å². The Hall–Kier alpha value is -2.68. The Morgan fingerprint density at radius 1 is 1.21 bits per heavy atom. The summed E-state index contributed by atoms with van der Waals surface area (Å²) in [5.74, 6) is 0.914. The summed E-state index contributed by atoms with van der Waals surface area (Å²) in [7, 11) is -1.94. The molecule has 2 unspecified atom stereocenters. The second-order valence-corrected chi connectivity index (χ2v) is 9.06. The number of aromatic nitrogens is 2. The third kappa shape index (κ3) is 4.34. The number of aryl methyl sites for hydroxylation is 1. The molecule has 0 amide bonds. The van der Waals surface area contributed by atoms with Gasteiger partial charge in [0.25, 0.3) is 10.0 Å². The van der Waals surface area contributed by atoms with E-state index in [4.69, 9.17) is 10.5 Å². The smallest absolute Gasteiger partial charge is 0.259 e. The number of hydrogen-bond donors (Lipinski definition) is 2. The lowest BCUT2D eigenvalue weighted by atomic mass is 9.84. The third-order valence-electron chi connectivity index (χ3n) is 5.14. The van der Waals surface area contributed by atoms with Crippen LogP contribution in [0.1, 0.15) is 22.6 Å². The monoisotopic (exact) mass is 412 g/mol. The molecule has 4 rings (SSSR count). The SMILES string of the molecule is Cn1cnc(S(=O)(=O)NCc2ccc3c(c2)C(Cc2ccccc2)C(N)CO3)c1. The maximum atomic E-state index is 12.4. The van der Waals surface area contributed by atoms with Crippen LogP contribution in [0.15, 0.2) is 66.1 Å². The zero-order valence-electron chi connectivity index (χ0n) is 16.2. The molecule has 1 aliphatic rings. The molecule has 1 aliphatic heterocycles. The fourth-order valence-corrected chi connectivity index (χ4v) is 4.57. The Kier molecular flexibility index (Phi) is 5.40. The molecule has 0 radical (unpaired) electrons. The van der Waals surface area contributed by atoms with Gasteiger partial charge < -0.3 is 15.0 Å². The largest absolute Gasteiger partial charge is 0.492 e. The summed E-state index contributed by atoms with van der Waals surface area (Å²) >= 11 is 0. The van der Waals surface area contributed by atoms with Gasteiger partial charge in [-0.05, 0) is 29.2 Å². The molecule has 0 bridgehead atoms. The standard InChI is InChI=1S/C21H24N4O3S/c1-25-12-21(23-14-25)29(26,27)24-11-16-7-8-20-18(10-16)17(19(22)13-28-20)9-15-5-3-2-4-6-15/h2-8,10,12,14,17,19,24H,9,11,13,22H2,1H3. The van der Waals surface area contributed by atoms with Gasteiger partial charge in [-0.1, -0.05) is 42.5 Å². The zero-order valence-corrected chi connectivity index (χ0v) is 17.0. The first-order valence-electron chi connectivity index (χ1n) is 9.45. The molecule has 7 nitrogen and oxygen atoms in total. The number of rotatable bonds is 6. The number of hydrogen-bond acceptors (Lipinski definition) is 5. The first-order valence-corrected chi connectivity index (χ1v) is 10.9. The van der Waals surface area contributed by atoms with Crippen LogP contribution in [0.2, 0.25) is 0 Å². The summed E-state index contributed by atoms with van der Waals surface area (Å²) in [6.45, 7) is 0.635. The van der Waals surface area contributed by atoms with Gasteiger partial charge in [-0.2, -0.15) is 0 Å². The molecule has 2 aromatic carbocycles. The van der Waals surface area contributed by atoms with Crippen molar-refractivity contribution in [3.05, 3.63) is 77.7 Å². The molecule has 0 spiro atoms. The summed E-state index contributed by atoms with van der Waals surface area (Å²) in [5.41, 5.74) is 9.44. The summed E-state index contributed by atoms with van der Waals surface area (Å²) in [6, 6.07) is 15.8. The topological polar surface area (TPSA) is 99.2 Å². The fourth-order valence-electron chi connectivity index (χ4n) is 3.57. The number of fused-ring (bicyclic) bond motifs is 1. The molecular weight excluding hydrogens is 388 g/mol. The van der Waals surface area contributed by atoms with E-state index in [0.29, 0.717) is 6.61 Å². The van der Waals surface area contributed by atoms with E-state index in [1.807, 2.05) is 36.4 Å². The highest BCUT2D eigenvalue weighted by atomic mass is 32.2. The molecule has 1 aromatic heterocycles. The summed E-state index contributed by atoms with van der Waals surface area (Å²) in [6.07, 6.45) is 3.74. The minimum absolute atomic E-state index is 0.00488. The van der Waals surface area contributed by atoms with Gasteiger partial charge in [0.1, 0.15) is 12.4 Å². The Bertz CT molecular complexity index is 1100. The van der Waals surface area contributed by atoms with E-state index in [1.54, 1.807) is 11.6 Å². The molecule has 2 heterocycles. The van der Waals surface area contributed by atoms with Crippen LogP contribution in [0.5, 0.6) is 5.75 Å². The van der Waals surface area contributed by atoms with E-state index < -0.39 is 10.0 Å². The van der Waals surface area contributed by atoms with Crippen molar-refractivity contribution >= 4 is 10.0 Å². The van der Waals surface area contributed by atoms with Crippen molar-refractivity contribution in [2.75, 3.05) is 6.61 Å². The fraction of sp³-hybridized carbons (Fsp3) is 0.286. The molecule has 0 fully saturated rings. The molecule has 0 saturated carbocycles. The number of nitrogens with one attached hydrogen (secondary N) is 1. The lowest BCUT2D eigenvalue weighted by Gasteiger charge is -2.32. The van der Waals surface area contributed by atoms with Crippen LogP contribution < -0.4 is 15.2 Å². The molecule has 0 aliphatic carbocycles. The summed E-state index contributed by atoms with van der Waals surface area (Å²) in [4.78, 5) is 3.91. The average Bonchev–Trinajstić information content (AvgIpc) is 3.17. The van der Waals surface area contributed by atoms with Crippen molar-refractivity contribution in [1.82, 2.24) is 14.3 Å². The van der Waals surface area contributed by atoms with Crippen LogP contribution in [-0.2, 0) is 30.0 Å². The predicted octanol–water partition coefficient (Wildman–Crippen LogP) is 1.94. The van der Waals surface area contributed by atoms with Gasteiger partial charge in [-0.15, -0.1) is 0 Å². The van der Waals surface area contributed by atoms with E-state index in [0.717, 1.165) is 23.3 Å². The van der Waals surface area contributed by atoms with Crippen molar-refractivity contribution in [2.24, 2.45) is 12.8 Å². The second kappa shape index (κ2) is 7.98. The minimum Gasteiger partial charge on any atom is -0.492 e. The highest BCUT2D eigenvalue weighted by Crippen LogP contribution is 2.36. The Labute approximate surface area is 170 Å². The van der Waals surface area contributed by atoms with E-state index in [2.05, 4.69) is 21.8 Å². The first-order chi connectivity index (χ1) is 13.9. The van der Waals surface area contributed by atoms with Crippen molar-refractivity contribution in [3.63, 3.8) is 0 Å². The normalized spacial score (nSPS) is 18.8. The zero-order chi connectivity index (χ0) is 20.4. The second-order valence-electron chi connectivity index (χ2n) is 7.35. The van der Waals surface area contributed by atoms with Gasteiger partial charge in [0.15, 0.2) is 5.03 Å². The predicted molar refractivity (Wildman–Crippen MR) is 110 cm³/mol. The third-order valence-corrected chi connectivity index (χ3v) is 6.43. The van der Waals surface area contributed by atoms with Gasteiger partial charge in [0, 0.05) is 31.7 Å². The van der Waals surface area contributed by atoms with Crippen LogP contribution >= 0.6 is 0 Å². The van der Waals surface area contributed by atoms with Gasteiger partial charge in [0.2, 0.25) is 0 Å². The highest BCUT2D eigenvalue weighted by Gasteiger charge is 2.29. The Morgan fingerprint density at radius 3 is 2.72 bits per heavy atom. The van der Waals surface area contributed by atoms with Crippen molar-refractivity contribution < 1.29 is 13.2 Å². The number of benzene rings is 2. The van der Waals surface area contributed by atoms with Gasteiger partial charge in [-0.25, -0.2) is 18.1 Å². The highest BCUT2D eigenvalue weighted by molar-refractivity contribution is 7.89.